The van der Waals surface area contributed by atoms with Crippen LogP contribution < -0.4 is 65.1 Å². The van der Waals surface area contributed by atoms with Gasteiger partial charge in [0.05, 0.1) is 51.1 Å². The van der Waals surface area contributed by atoms with Gasteiger partial charge < -0.3 is 89.9 Å². The van der Waals surface area contributed by atoms with E-state index in [2.05, 4.69) is 57.8 Å². The van der Waals surface area contributed by atoms with Crippen LogP contribution in [0.3, 0.4) is 0 Å². The number of unbranched alkanes of at least 4 members (excludes halogenated alkanes) is 1. The number of carboxylic acids is 1. The van der Waals surface area contributed by atoms with Gasteiger partial charge in [0, 0.05) is 31.3 Å². The number of primary amides is 1. The Balaban J connectivity index is 2.11. The molecule has 30 nitrogen and oxygen atoms in total. The highest BCUT2D eigenvalue weighted by Gasteiger charge is 2.41. The number of imidazole rings is 1. The molecule has 30 heteroatoms. The molecule has 1 aliphatic rings. The number of hydrogen-bond donors (Lipinski definition) is 15. The standard InChI is InChI=1S/C43H69N15O15/c1-22(2)36(57-40(70)28(14-30(46)61)55-42(72)37(23(3)60)56-34(65)19-48-31(62)15-45)43(73)58-12-6-8-29(58)41(71)54-26(7-4-5-11-44)38(68)50-17-32(63)49-18-33(64)53-27(9-10-35(66)67)39(69)52-25(20-59)13-24-16-47-21-51-24/h16,20-23,25-29,36-37,60H,4-15,17-19,44-45H2,1-3H3,(H2,46,61)(H,47,51)(H,48,62)(H,49,63)(H,50,68)(H,52,69)(H,53,64)(H,54,71)(H,55,72)(H,56,65)(H,57,70)(H,66,67)/t23-,25+,26+,27+,28+,29+,36+,37+/m1/s1. The lowest BCUT2D eigenvalue weighted by molar-refractivity contribution is -0.143. The summed E-state index contributed by atoms with van der Waals surface area (Å²) >= 11 is 0. The summed E-state index contributed by atoms with van der Waals surface area (Å²) in [7, 11) is 0. The van der Waals surface area contributed by atoms with Crippen molar-refractivity contribution in [2.24, 2.45) is 23.1 Å². The van der Waals surface area contributed by atoms with Gasteiger partial charge in [-0.25, -0.2) is 4.98 Å². The maximum Gasteiger partial charge on any atom is 0.303 e. The second-order valence-electron chi connectivity index (χ2n) is 17.3. The molecule has 0 spiro atoms. The second-order valence-corrected chi connectivity index (χ2v) is 17.3. The van der Waals surface area contributed by atoms with Gasteiger partial charge in [0.1, 0.15) is 42.5 Å². The summed E-state index contributed by atoms with van der Waals surface area (Å²) in [6.45, 7) is 2.18. The molecular formula is C43H69N15O15. The molecule has 2 rings (SSSR count). The number of likely N-dealkylation sites (tertiary alicyclic amines) is 1. The lowest BCUT2D eigenvalue weighted by Crippen LogP contribution is -2.61. The maximum atomic E-state index is 14.1. The molecule has 1 aromatic heterocycles. The van der Waals surface area contributed by atoms with E-state index < -0.39 is 164 Å². The van der Waals surface area contributed by atoms with Gasteiger partial charge in [-0.3, -0.25) is 57.5 Å². The first-order valence-corrected chi connectivity index (χ1v) is 23.4. The van der Waals surface area contributed by atoms with Crippen LogP contribution in [0.15, 0.2) is 12.5 Å². The number of amides is 11. The minimum atomic E-state index is -1.72. The monoisotopic (exact) mass is 1040 g/mol. The van der Waals surface area contributed by atoms with Crippen molar-refractivity contribution >= 4 is 77.2 Å². The highest BCUT2D eigenvalue weighted by atomic mass is 16.4. The number of aromatic nitrogens is 2. The van der Waals surface area contributed by atoms with Crippen LogP contribution in [-0.4, -0.2) is 190 Å². The number of aromatic amines is 1. The SMILES string of the molecule is CC(C)[C@H](NC(=O)[C@H](CC(N)=O)NC(=O)[C@@H](NC(=O)CNC(=O)CN)[C@@H](C)O)C(=O)N1CCC[C@H]1C(=O)N[C@@H](CCCCN)C(=O)NCC(=O)NCC(=O)N[C@@H](CCC(=O)O)C(=O)N[C@H](C=O)Cc1cnc[nH]1. The largest absolute Gasteiger partial charge is 0.481 e. The number of rotatable bonds is 33. The number of carbonyl (C=O) groups is 13. The number of aldehydes is 1. The van der Waals surface area contributed by atoms with Crippen LogP contribution in [0.1, 0.15) is 77.8 Å². The fraction of sp³-hybridized carbons (Fsp3) is 0.628. The van der Waals surface area contributed by atoms with Gasteiger partial charge in [0.15, 0.2) is 0 Å². The first kappa shape index (κ1) is 61.5. The summed E-state index contributed by atoms with van der Waals surface area (Å²) < 4.78 is 0. The third-order valence-electron chi connectivity index (χ3n) is 11.1. The highest BCUT2D eigenvalue weighted by molar-refractivity contribution is 5.99. The van der Waals surface area contributed by atoms with Gasteiger partial charge in [-0.2, -0.15) is 0 Å². The number of aliphatic carboxylic acids is 1. The van der Waals surface area contributed by atoms with Crippen LogP contribution in [0.25, 0.3) is 0 Å². The van der Waals surface area contributed by atoms with Crippen LogP contribution in [0.5, 0.6) is 0 Å². The Labute approximate surface area is 419 Å². The number of hydrogen-bond acceptors (Lipinski definition) is 17. The molecule has 11 amide bonds. The minimum absolute atomic E-state index is 0.0310. The summed E-state index contributed by atoms with van der Waals surface area (Å²) in [6, 6.07) is -9.60. The van der Waals surface area contributed by atoms with Gasteiger partial charge in [-0.1, -0.05) is 13.8 Å². The van der Waals surface area contributed by atoms with Crippen molar-refractivity contribution in [3.8, 4) is 0 Å². The van der Waals surface area contributed by atoms with Gasteiger partial charge in [-0.05, 0) is 57.9 Å². The van der Waals surface area contributed by atoms with E-state index in [0.717, 1.165) is 6.92 Å². The zero-order chi connectivity index (χ0) is 54.8. The van der Waals surface area contributed by atoms with Crippen molar-refractivity contribution in [3.63, 3.8) is 0 Å². The average molecular weight is 1040 g/mol. The molecule has 0 aliphatic carbocycles. The van der Waals surface area contributed by atoms with Gasteiger partial charge in [0.25, 0.3) is 0 Å². The zero-order valence-electron chi connectivity index (χ0n) is 40.9. The van der Waals surface area contributed by atoms with E-state index in [1.807, 2.05) is 0 Å². The van der Waals surface area contributed by atoms with Crippen molar-refractivity contribution in [3.05, 3.63) is 18.2 Å². The Morgan fingerprint density at radius 2 is 1.38 bits per heavy atom. The summed E-state index contributed by atoms with van der Waals surface area (Å²) in [5, 5.41) is 40.6. The molecule has 73 heavy (non-hydrogen) atoms. The van der Waals surface area contributed by atoms with Crippen LogP contribution >= 0.6 is 0 Å². The molecule has 1 saturated heterocycles. The molecular weight excluding hydrogens is 967 g/mol. The number of nitrogens with two attached hydrogens (primary N) is 3. The Bertz CT molecular complexity index is 2110. The molecule has 8 atom stereocenters. The topological polar surface area (TPSA) is 481 Å². The van der Waals surface area contributed by atoms with E-state index in [1.54, 1.807) is 13.8 Å². The lowest BCUT2D eigenvalue weighted by atomic mass is 10.0. The van der Waals surface area contributed by atoms with Crippen molar-refractivity contribution in [2.45, 2.75) is 127 Å². The van der Waals surface area contributed by atoms with E-state index in [-0.39, 0.29) is 38.8 Å². The highest BCUT2D eigenvalue weighted by Crippen LogP contribution is 2.21. The number of nitrogens with zero attached hydrogens (tertiary/aromatic N) is 2. The van der Waals surface area contributed by atoms with E-state index in [4.69, 9.17) is 17.2 Å². The van der Waals surface area contributed by atoms with E-state index >= 15 is 0 Å². The quantitative estimate of drug-likeness (QED) is 0.0230. The zero-order valence-corrected chi connectivity index (χ0v) is 40.9. The van der Waals surface area contributed by atoms with E-state index in [0.29, 0.717) is 31.2 Å². The normalized spacial score (nSPS) is 15.9. The van der Waals surface area contributed by atoms with E-state index in [1.165, 1.54) is 17.4 Å². The van der Waals surface area contributed by atoms with Crippen molar-refractivity contribution in [2.75, 3.05) is 39.3 Å². The van der Waals surface area contributed by atoms with Crippen LogP contribution in [0, 0.1) is 5.92 Å². The number of aliphatic hydroxyl groups excluding tert-OH is 1. The molecule has 1 fully saturated rings. The maximum absolute atomic E-state index is 14.1. The first-order valence-electron chi connectivity index (χ1n) is 23.4. The van der Waals surface area contributed by atoms with Gasteiger partial charge in [-0.15, -0.1) is 0 Å². The number of H-pyrrole nitrogens is 1. The molecule has 2 heterocycles. The van der Waals surface area contributed by atoms with Gasteiger partial charge >= 0.3 is 5.97 Å². The predicted octanol–water partition coefficient (Wildman–Crippen LogP) is -7.74. The Morgan fingerprint density at radius 3 is 1.96 bits per heavy atom. The minimum Gasteiger partial charge on any atom is -0.481 e. The summed E-state index contributed by atoms with van der Waals surface area (Å²) in [5.41, 5.74) is 16.7. The second kappa shape index (κ2) is 31.7. The molecule has 406 valence electrons. The Morgan fingerprint density at radius 1 is 0.753 bits per heavy atom. The van der Waals surface area contributed by atoms with Crippen LogP contribution in [0.2, 0.25) is 0 Å². The van der Waals surface area contributed by atoms with Crippen LogP contribution in [0.4, 0.5) is 0 Å². The Hall–Kier alpha value is -7.60. The average Bonchev–Trinajstić information content (AvgIpc) is 4.06. The van der Waals surface area contributed by atoms with Crippen molar-refractivity contribution in [1.82, 2.24) is 62.7 Å². The molecule has 0 aromatic carbocycles. The van der Waals surface area contributed by atoms with E-state index in [9.17, 15) is 72.5 Å². The number of aliphatic hydroxyl groups is 1. The molecule has 0 bridgehead atoms. The number of nitrogens with one attached hydrogen (secondary N) is 10. The van der Waals surface area contributed by atoms with Gasteiger partial charge in [0.2, 0.25) is 65.0 Å². The molecule has 0 unspecified atom stereocenters. The summed E-state index contributed by atoms with van der Waals surface area (Å²) in [4.78, 5) is 173. The third-order valence-corrected chi connectivity index (χ3v) is 11.1. The van der Waals surface area contributed by atoms with Crippen molar-refractivity contribution < 1.29 is 72.5 Å². The molecule has 1 aromatic rings. The summed E-state index contributed by atoms with van der Waals surface area (Å²) in [6.07, 6.45) is 1.41. The molecule has 0 saturated carbocycles. The number of carboxylic acid groups (broad SMARTS) is 1. The smallest absolute Gasteiger partial charge is 0.303 e. The summed E-state index contributed by atoms with van der Waals surface area (Å²) in [5.74, 6) is -11.6. The molecule has 1 aliphatic heterocycles. The predicted molar refractivity (Wildman–Crippen MR) is 253 cm³/mol. The first-order chi connectivity index (χ1) is 34.5. The fourth-order valence-corrected chi connectivity index (χ4v) is 7.20. The Kier molecular flexibility index (Phi) is 26.7. The molecule has 18 N–H and O–H groups in total. The lowest BCUT2D eigenvalue weighted by Gasteiger charge is -2.32. The number of carbonyl (C=O) groups excluding carboxylic acids is 12. The third kappa shape index (κ3) is 22.1. The fourth-order valence-electron chi connectivity index (χ4n) is 7.20. The molecule has 0 radical (unpaired) electrons. The van der Waals surface area contributed by atoms with Crippen LogP contribution in [-0.2, 0) is 68.7 Å². The van der Waals surface area contributed by atoms with Crippen molar-refractivity contribution in [1.29, 1.82) is 0 Å².